The molecule has 3 nitrogen and oxygen atoms in total. The molecule has 21 heavy (non-hydrogen) atoms. The normalized spacial score (nSPS) is 12.0. The van der Waals surface area contributed by atoms with Crippen LogP contribution in [0.4, 0.5) is 13.2 Å². The van der Waals surface area contributed by atoms with Crippen LogP contribution in [0.1, 0.15) is 37.8 Å². The fourth-order valence-corrected chi connectivity index (χ4v) is 1.75. The van der Waals surface area contributed by atoms with Crippen molar-refractivity contribution in [2.45, 2.75) is 45.5 Å². The minimum Gasteiger partial charge on any atom is -0.493 e. The average molecular weight is 305 g/mol. The smallest absolute Gasteiger partial charge is 0.419 e. The first kappa shape index (κ1) is 17.8. The molecule has 0 saturated heterocycles. The van der Waals surface area contributed by atoms with Gasteiger partial charge in [-0.15, -0.1) is 0 Å². The average Bonchev–Trinajstić information content (AvgIpc) is 2.41. The minimum absolute atomic E-state index is 0.00922. The van der Waals surface area contributed by atoms with Gasteiger partial charge in [-0.05, 0) is 30.5 Å². The number of unbranched alkanes of at least 4 members (excludes halogenated alkanes) is 1. The molecule has 0 spiro atoms. The highest BCUT2D eigenvalue weighted by Gasteiger charge is 2.34. The number of benzene rings is 1. The topological polar surface area (TPSA) is 41.5 Å². The molecule has 0 aromatic heterocycles. The van der Waals surface area contributed by atoms with Crippen molar-refractivity contribution < 1.29 is 23.0 Å². The lowest BCUT2D eigenvalue weighted by atomic mass is 10.1. The molecule has 2 N–H and O–H groups in total. The summed E-state index contributed by atoms with van der Waals surface area (Å²) in [5, 5.41) is 11.7. The Kier molecular flexibility index (Phi) is 6.98. The van der Waals surface area contributed by atoms with Crippen LogP contribution in [0.3, 0.4) is 0 Å². The Balaban J connectivity index is 2.82. The molecule has 0 aliphatic heterocycles. The SMILES string of the molecule is CC(C)NCc1ccc(OCCCCO)c(C(F)(F)F)c1. The van der Waals surface area contributed by atoms with E-state index in [0.29, 0.717) is 24.9 Å². The van der Waals surface area contributed by atoms with Gasteiger partial charge in [-0.25, -0.2) is 0 Å². The van der Waals surface area contributed by atoms with E-state index in [1.165, 1.54) is 6.07 Å². The molecule has 0 radical (unpaired) electrons. The molecule has 0 heterocycles. The van der Waals surface area contributed by atoms with E-state index in [9.17, 15) is 13.2 Å². The van der Waals surface area contributed by atoms with Crippen molar-refractivity contribution >= 4 is 0 Å². The lowest BCUT2D eigenvalue weighted by Gasteiger charge is -2.16. The summed E-state index contributed by atoms with van der Waals surface area (Å²) < 4.78 is 44.4. The van der Waals surface area contributed by atoms with Crippen LogP contribution in [0, 0.1) is 0 Å². The first-order valence-electron chi connectivity index (χ1n) is 7.01. The molecule has 0 aliphatic carbocycles. The van der Waals surface area contributed by atoms with Crippen LogP contribution >= 0.6 is 0 Å². The summed E-state index contributed by atoms with van der Waals surface area (Å²) >= 11 is 0. The lowest BCUT2D eigenvalue weighted by molar-refractivity contribution is -0.139. The second kappa shape index (κ2) is 8.24. The molecule has 0 amide bonds. The van der Waals surface area contributed by atoms with Crippen molar-refractivity contribution in [3.05, 3.63) is 29.3 Å². The fourth-order valence-electron chi connectivity index (χ4n) is 1.75. The molecule has 0 saturated carbocycles. The summed E-state index contributed by atoms with van der Waals surface area (Å²) in [6, 6.07) is 4.32. The highest BCUT2D eigenvalue weighted by atomic mass is 19.4. The van der Waals surface area contributed by atoms with E-state index in [1.807, 2.05) is 13.8 Å². The van der Waals surface area contributed by atoms with Crippen LogP contribution in [0.25, 0.3) is 0 Å². The van der Waals surface area contributed by atoms with Gasteiger partial charge in [-0.3, -0.25) is 0 Å². The molecule has 1 aromatic carbocycles. The number of aliphatic hydroxyl groups excluding tert-OH is 1. The minimum atomic E-state index is -4.44. The Labute approximate surface area is 123 Å². The summed E-state index contributed by atoms with van der Waals surface area (Å²) in [5.74, 6) is -0.159. The van der Waals surface area contributed by atoms with Gasteiger partial charge in [0.2, 0.25) is 0 Å². The molecule has 1 aromatic rings. The molecule has 0 unspecified atom stereocenters. The first-order valence-corrected chi connectivity index (χ1v) is 7.01. The van der Waals surface area contributed by atoms with Gasteiger partial charge in [0.1, 0.15) is 5.75 Å². The second-order valence-electron chi connectivity index (χ2n) is 5.14. The summed E-state index contributed by atoms with van der Waals surface area (Å²) in [4.78, 5) is 0. The van der Waals surface area contributed by atoms with Crippen molar-refractivity contribution in [2.75, 3.05) is 13.2 Å². The van der Waals surface area contributed by atoms with Gasteiger partial charge in [0.25, 0.3) is 0 Å². The van der Waals surface area contributed by atoms with Crippen molar-refractivity contribution in [3.63, 3.8) is 0 Å². The number of ether oxygens (including phenoxy) is 1. The molecule has 1 rings (SSSR count). The van der Waals surface area contributed by atoms with E-state index in [-0.39, 0.29) is 25.0 Å². The zero-order chi connectivity index (χ0) is 15.9. The van der Waals surface area contributed by atoms with E-state index in [0.717, 1.165) is 6.07 Å². The highest BCUT2D eigenvalue weighted by molar-refractivity contribution is 5.39. The summed E-state index contributed by atoms with van der Waals surface area (Å²) in [6.07, 6.45) is -3.41. The largest absolute Gasteiger partial charge is 0.493 e. The third-order valence-corrected chi connectivity index (χ3v) is 2.87. The molecular formula is C15H22F3NO2. The summed E-state index contributed by atoms with van der Waals surface area (Å²) in [5.41, 5.74) is -0.187. The van der Waals surface area contributed by atoms with Crippen LogP contribution in [-0.2, 0) is 12.7 Å². The molecule has 0 aliphatic rings. The van der Waals surface area contributed by atoms with E-state index >= 15 is 0 Å². The molecule has 0 fully saturated rings. The Bertz CT molecular complexity index is 433. The van der Waals surface area contributed by atoms with E-state index in [4.69, 9.17) is 9.84 Å². The molecular weight excluding hydrogens is 283 g/mol. The van der Waals surface area contributed by atoms with Gasteiger partial charge in [0, 0.05) is 19.2 Å². The van der Waals surface area contributed by atoms with Gasteiger partial charge >= 0.3 is 6.18 Å². The maximum atomic E-state index is 13.1. The predicted octanol–water partition coefficient (Wildman–Crippen LogP) is 3.35. The number of halogens is 3. The van der Waals surface area contributed by atoms with Crippen LogP contribution in [-0.4, -0.2) is 24.4 Å². The van der Waals surface area contributed by atoms with E-state index in [1.54, 1.807) is 6.07 Å². The maximum Gasteiger partial charge on any atom is 0.419 e. The Morgan fingerprint density at radius 2 is 1.95 bits per heavy atom. The van der Waals surface area contributed by atoms with Gasteiger partial charge in [0.05, 0.1) is 12.2 Å². The summed E-state index contributed by atoms with van der Waals surface area (Å²) in [6.45, 7) is 4.42. The zero-order valence-corrected chi connectivity index (χ0v) is 12.3. The zero-order valence-electron chi connectivity index (χ0n) is 12.3. The predicted molar refractivity (Wildman–Crippen MR) is 75.2 cm³/mol. The van der Waals surface area contributed by atoms with Gasteiger partial charge in [0.15, 0.2) is 0 Å². The summed E-state index contributed by atoms with van der Waals surface area (Å²) in [7, 11) is 0. The van der Waals surface area contributed by atoms with Gasteiger partial charge in [-0.2, -0.15) is 13.2 Å². The van der Waals surface area contributed by atoms with Crippen molar-refractivity contribution in [1.29, 1.82) is 0 Å². The fraction of sp³-hybridized carbons (Fsp3) is 0.600. The molecule has 0 bridgehead atoms. The number of hydrogen-bond donors (Lipinski definition) is 2. The Morgan fingerprint density at radius 1 is 1.24 bits per heavy atom. The second-order valence-corrected chi connectivity index (χ2v) is 5.14. The molecule has 120 valence electrons. The quantitative estimate of drug-likeness (QED) is 0.724. The van der Waals surface area contributed by atoms with Crippen molar-refractivity contribution in [1.82, 2.24) is 5.32 Å². The van der Waals surface area contributed by atoms with Gasteiger partial charge < -0.3 is 15.2 Å². The van der Waals surface area contributed by atoms with Crippen LogP contribution < -0.4 is 10.1 Å². The molecule has 6 heteroatoms. The standard InChI is InChI=1S/C15H22F3NO2/c1-11(2)19-10-12-5-6-14(21-8-4-3-7-20)13(9-12)15(16,17)18/h5-6,9,11,19-20H,3-4,7-8,10H2,1-2H3. The lowest BCUT2D eigenvalue weighted by Crippen LogP contribution is -2.22. The monoisotopic (exact) mass is 305 g/mol. The van der Waals surface area contributed by atoms with E-state index in [2.05, 4.69) is 5.32 Å². The third-order valence-electron chi connectivity index (χ3n) is 2.87. The number of alkyl halides is 3. The highest BCUT2D eigenvalue weighted by Crippen LogP contribution is 2.37. The van der Waals surface area contributed by atoms with E-state index < -0.39 is 11.7 Å². The third kappa shape index (κ3) is 6.35. The number of rotatable bonds is 8. The first-order chi connectivity index (χ1) is 9.84. The number of hydrogen-bond acceptors (Lipinski definition) is 3. The van der Waals surface area contributed by atoms with Crippen molar-refractivity contribution in [3.8, 4) is 5.75 Å². The Morgan fingerprint density at radius 3 is 2.52 bits per heavy atom. The van der Waals surface area contributed by atoms with Gasteiger partial charge in [-0.1, -0.05) is 19.9 Å². The van der Waals surface area contributed by atoms with Crippen LogP contribution in [0.15, 0.2) is 18.2 Å². The van der Waals surface area contributed by atoms with Crippen molar-refractivity contribution in [2.24, 2.45) is 0 Å². The number of aliphatic hydroxyl groups is 1. The number of nitrogens with one attached hydrogen (secondary N) is 1. The molecule has 0 atom stereocenters. The Hall–Kier alpha value is -1.27. The van der Waals surface area contributed by atoms with Crippen LogP contribution in [0.2, 0.25) is 0 Å². The maximum absolute atomic E-state index is 13.1. The van der Waals surface area contributed by atoms with Crippen LogP contribution in [0.5, 0.6) is 5.75 Å².